The average Bonchev–Trinajstić information content (AvgIpc) is 3.37. The fourth-order valence-electron chi connectivity index (χ4n) is 5.56. The van der Waals surface area contributed by atoms with Crippen molar-refractivity contribution in [3.05, 3.63) is 53.1 Å². The molecule has 5 nitrogen and oxygen atoms in total. The number of piperidine rings is 1. The maximum atomic E-state index is 12.8. The zero-order valence-corrected chi connectivity index (χ0v) is 21.8. The predicted molar refractivity (Wildman–Crippen MR) is 143 cm³/mol. The maximum absolute atomic E-state index is 12.8. The first-order valence-electron chi connectivity index (χ1n) is 13.1. The van der Waals surface area contributed by atoms with E-state index in [9.17, 15) is 4.79 Å². The molecule has 1 fully saturated rings. The lowest BCUT2D eigenvalue weighted by molar-refractivity contribution is -0.913. The predicted octanol–water partition coefficient (Wildman–Crippen LogP) is 6.17. The summed E-state index contributed by atoms with van der Waals surface area (Å²) in [6.45, 7) is 4.33. The van der Waals surface area contributed by atoms with Crippen molar-refractivity contribution in [2.24, 2.45) is 5.92 Å². The number of benzene rings is 1. The standard InChI is InChI=1S/C28H40N4OS/c1-31(25-16-10-7-11-17-25)28-30-26(22-34-28)27(33)29-19-24-15-12-18-32(2,21-24)20-23-13-8-5-3-4-6-9-14-23/h7,10-11,13,16-17,22,24H,3-6,8-9,12,14-15,18-21H2,1-2H3/p+1/b23-13+/t24-,32?/m0/s1. The van der Waals surface area contributed by atoms with Crippen LogP contribution >= 0.6 is 11.3 Å². The highest BCUT2D eigenvalue weighted by Crippen LogP contribution is 2.28. The number of rotatable bonds is 7. The molecule has 1 aromatic heterocycles. The molecule has 184 valence electrons. The van der Waals surface area contributed by atoms with Gasteiger partial charge in [-0.3, -0.25) is 4.79 Å². The lowest BCUT2D eigenvalue weighted by atomic mass is 9.94. The number of amides is 1. The Balaban J connectivity index is 1.29. The molecular weight excluding hydrogens is 440 g/mol. The highest BCUT2D eigenvalue weighted by Gasteiger charge is 2.32. The number of para-hydroxylation sites is 1. The summed E-state index contributed by atoms with van der Waals surface area (Å²) in [5.74, 6) is 0.479. The second-order valence-corrected chi connectivity index (χ2v) is 11.3. The van der Waals surface area contributed by atoms with Gasteiger partial charge in [-0.05, 0) is 56.2 Å². The second kappa shape index (κ2) is 12.0. The number of nitrogens with one attached hydrogen (secondary N) is 1. The quantitative estimate of drug-likeness (QED) is 0.380. The van der Waals surface area contributed by atoms with Crippen LogP contribution in [0.3, 0.4) is 0 Å². The Morgan fingerprint density at radius 1 is 1.15 bits per heavy atom. The molecule has 1 aliphatic carbocycles. The molecule has 0 bridgehead atoms. The summed E-state index contributed by atoms with van der Waals surface area (Å²) in [6.07, 6.45) is 14.4. The van der Waals surface area contributed by atoms with Crippen LogP contribution in [0.25, 0.3) is 0 Å². The van der Waals surface area contributed by atoms with E-state index in [1.54, 1.807) is 5.57 Å². The lowest BCUT2D eigenvalue weighted by Crippen LogP contribution is -2.53. The minimum absolute atomic E-state index is 0.0530. The van der Waals surface area contributed by atoms with E-state index < -0.39 is 0 Å². The summed E-state index contributed by atoms with van der Waals surface area (Å²) in [6, 6.07) is 10.1. The molecule has 1 aromatic carbocycles. The molecule has 0 spiro atoms. The van der Waals surface area contributed by atoms with Gasteiger partial charge in [0.1, 0.15) is 12.2 Å². The Hall–Kier alpha value is -2.18. The molecule has 34 heavy (non-hydrogen) atoms. The van der Waals surface area contributed by atoms with Gasteiger partial charge in [-0.2, -0.15) is 0 Å². The third-order valence-electron chi connectivity index (χ3n) is 7.44. The number of hydrogen-bond donors (Lipinski definition) is 1. The number of carbonyl (C=O) groups excluding carboxylic acids is 1. The van der Waals surface area contributed by atoms with Gasteiger partial charge in [0.2, 0.25) is 0 Å². The van der Waals surface area contributed by atoms with Gasteiger partial charge in [0.05, 0.1) is 20.1 Å². The number of likely N-dealkylation sites (tertiary alicyclic amines) is 1. The fraction of sp³-hybridized carbons (Fsp3) is 0.571. The highest BCUT2D eigenvalue weighted by atomic mass is 32.1. The molecule has 2 atom stereocenters. The zero-order chi connectivity index (χ0) is 23.8. The first-order valence-corrected chi connectivity index (χ1v) is 13.9. The van der Waals surface area contributed by atoms with Crippen LogP contribution in [0.1, 0.15) is 68.3 Å². The minimum atomic E-state index is -0.0530. The normalized spacial score (nSPS) is 25.4. The molecule has 2 aliphatic rings. The number of likely N-dealkylation sites (N-methyl/N-ethyl adjacent to an activating group) is 1. The van der Waals surface area contributed by atoms with Gasteiger partial charge in [0.25, 0.3) is 5.91 Å². The van der Waals surface area contributed by atoms with E-state index >= 15 is 0 Å². The number of quaternary nitrogens is 1. The molecule has 1 aliphatic heterocycles. The Bertz CT molecular complexity index is 956. The first-order chi connectivity index (χ1) is 16.5. The first kappa shape index (κ1) is 24.9. The highest BCUT2D eigenvalue weighted by molar-refractivity contribution is 7.14. The van der Waals surface area contributed by atoms with Crippen LogP contribution in [-0.2, 0) is 0 Å². The van der Waals surface area contributed by atoms with E-state index in [0.29, 0.717) is 11.6 Å². The smallest absolute Gasteiger partial charge is 0.270 e. The van der Waals surface area contributed by atoms with Crippen molar-refractivity contribution in [3.63, 3.8) is 0 Å². The fourth-order valence-corrected chi connectivity index (χ4v) is 6.35. The summed E-state index contributed by atoms with van der Waals surface area (Å²) in [7, 11) is 4.41. The van der Waals surface area contributed by atoms with Crippen molar-refractivity contribution in [2.45, 2.75) is 57.8 Å². The van der Waals surface area contributed by atoms with Crippen LogP contribution < -0.4 is 10.2 Å². The van der Waals surface area contributed by atoms with Crippen molar-refractivity contribution in [1.29, 1.82) is 0 Å². The van der Waals surface area contributed by atoms with Crippen molar-refractivity contribution in [3.8, 4) is 0 Å². The molecule has 2 aromatic rings. The molecule has 1 amide bonds. The van der Waals surface area contributed by atoms with Crippen LogP contribution in [0.5, 0.6) is 0 Å². The number of aromatic nitrogens is 1. The van der Waals surface area contributed by atoms with Gasteiger partial charge in [-0.1, -0.05) is 43.5 Å². The van der Waals surface area contributed by atoms with Gasteiger partial charge in [0.15, 0.2) is 5.13 Å². The SMILES string of the molecule is CN(c1ccccc1)c1nc(C(=O)NC[C@@H]2CCC[N+](C)(C/C3=C/CCCCCCC3)C2)cs1. The molecular formula is C28H41N4OS+. The van der Waals surface area contributed by atoms with Crippen molar-refractivity contribution in [1.82, 2.24) is 10.3 Å². The molecule has 0 saturated carbocycles. The van der Waals surface area contributed by atoms with E-state index in [-0.39, 0.29) is 5.91 Å². The monoisotopic (exact) mass is 481 g/mol. The number of allylic oxidation sites excluding steroid dienone is 1. The van der Waals surface area contributed by atoms with Crippen LogP contribution in [0.2, 0.25) is 0 Å². The summed E-state index contributed by atoms with van der Waals surface area (Å²) >= 11 is 1.51. The number of anilines is 2. The molecule has 1 N–H and O–H groups in total. The largest absolute Gasteiger partial charge is 0.350 e. The zero-order valence-electron chi connectivity index (χ0n) is 21.0. The van der Waals surface area contributed by atoms with Crippen LogP contribution in [0, 0.1) is 5.92 Å². The van der Waals surface area contributed by atoms with Crippen molar-refractivity contribution < 1.29 is 9.28 Å². The van der Waals surface area contributed by atoms with Gasteiger partial charge >= 0.3 is 0 Å². The molecule has 0 radical (unpaired) electrons. The Morgan fingerprint density at radius 3 is 2.79 bits per heavy atom. The van der Waals surface area contributed by atoms with E-state index in [1.807, 2.05) is 47.7 Å². The summed E-state index contributed by atoms with van der Waals surface area (Å²) in [5.41, 5.74) is 3.26. The number of hydrogen-bond acceptors (Lipinski definition) is 4. The summed E-state index contributed by atoms with van der Waals surface area (Å²) < 4.78 is 1.12. The van der Waals surface area contributed by atoms with Crippen molar-refractivity contribution >= 4 is 28.1 Å². The Kier molecular flexibility index (Phi) is 8.79. The van der Waals surface area contributed by atoms with Crippen LogP contribution in [-0.4, -0.2) is 55.6 Å². The number of thiazole rings is 1. The maximum Gasteiger partial charge on any atom is 0.270 e. The lowest BCUT2D eigenvalue weighted by Gasteiger charge is -2.42. The summed E-state index contributed by atoms with van der Waals surface area (Å²) in [4.78, 5) is 19.5. The van der Waals surface area contributed by atoms with Gasteiger partial charge in [-0.25, -0.2) is 4.98 Å². The Labute approximate surface area is 209 Å². The Morgan fingerprint density at radius 2 is 1.94 bits per heavy atom. The molecule has 6 heteroatoms. The second-order valence-electron chi connectivity index (χ2n) is 10.5. The minimum Gasteiger partial charge on any atom is -0.350 e. The molecule has 1 saturated heterocycles. The molecule has 1 unspecified atom stereocenters. The third-order valence-corrected chi connectivity index (χ3v) is 8.35. The summed E-state index contributed by atoms with van der Waals surface area (Å²) in [5, 5.41) is 5.90. The van der Waals surface area contributed by atoms with Gasteiger partial charge < -0.3 is 14.7 Å². The molecule has 4 rings (SSSR count). The average molecular weight is 482 g/mol. The topological polar surface area (TPSA) is 45.2 Å². The van der Waals surface area contributed by atoms with Crippen LogP contribution in [0.4, 0.5) is 10.8 Å². The van der Waals surface area contributed by atoms with E-state index in [2.05, 4.69) is 23.4 Å². The number of nitrogens with zero attached hydrogens (tertiary/aromatic N) is 3. The van der Waals surface area contributed by atoms with Crippen LogP contribution in [0.15, 0.2) is 47.4 Å². The van der Waals surface area contributed by atoms with Gasteiger partial charge in [0, 0.05) is 30.6 Å². The van der Waals surface area contributed by atoms with E-state index in [4.69, 9.17) is 0 Å². The third kappa shape index (κ3) is 6.92. The number of carbonyl (C=O) groups is 1. The molecule has 2 heterocycles. The van der Waals surface area contributed by atoms with Crippen molar-refractivity contribution in [2.75, 3.05) is 45.2 Å². The van der Waals surface area contributed by atoms with E-state index in [1.165, 1.54) is 82.2 Å². The van der Waals surface area contributed by atoms with Gasteiger partial charge in [-0.15, -0.1) is 11.3 Å². The van der Waals surface area contributed by atoms with E-state index in [0.717, 1.165) is 28.4 Å².